The molecule has 0 fully saturated rings. The van der Waals surface area contributed by atoms with E-state index >= 15 is 0 Å². The number of benzene rings is 2. The number of hydrazone groups is 1. The Morgan fingerprint density at radius 1 is 1.04 bits per heavy atom. The highest BCUT2D eigenvalue weighted by molar-refractivity contribution is 7.89. The topological polar surface area (TPSA) is 86.2 Å². The van der Waals surface area contributed by atoms with Crippen LogP contribution in [-0.2, 0) is 10.0 Å². The molecule has 0 unspecified atom stereocenters. The Hall–Kier alpha value is -2.74. The van der Waals surface area contributed by atoms with E-state index in [4.69, 9.17) is 14.2 Å². The molecule has 0 bridgehead atoms. The smallest absolute Gasteiger partial charge is 0.276 e. The second-order valence-electron chi connectivity index (χ2n) is 5.07. The molecular weight excluding hydrogens is 356 g/mol. The highest BCUT2D eigenvalue weighted by atomic mass is 32.2. The van der Waals surface area contributed by atoms with Gasteiger partial charge in [0.1, 0.15) is 5.75 Å². The molecule has 7 nitrogen and oxygen atoms in total. The minimum absolute atomic E-state index is 0.0915. The number of hydrogen-bond acceptors (Lipinski definition) is 6. The van der Waals surface area contributed by atoms with Gasteiger partial charge in [-0.15, -0.1) is 0 Å². The summed E-state index contributed by atoms with van der Waals surface area (Å²) in [4.78, 5) is 2.28. The third kappa shape index (κ3) is 4.89. The van der Waals surface area contributed by atoms with Crippen molar-refractivity contribution >= 4 is 16.2 Å². The minimum Gasteiger partial charge on any atom is -0.494 e. The van der Waals surface area contributed by atoms with E-state index in [1.807, 2.05) is 13.8 Å². The monoisotopic (exact) mass is 378 g/mol. The van der Waals surface area contributed by atoms with Gasteiger partial charge in [-0.3, -0.25) is 0 Å². The molecule has 0 heterocycles. The van der Waals surface area contributed by atoms with Crippen molar-refractivity contribution in [1.29, 1.82) is 0 Å². The molecule has 0 saturated carbocycles. The maximum Gasteiger partial charge on any atom is 0.276 e. The first-order valence-electron chi connectivity index (χ1n) is 8.09. The molecule has 8 heteroatoms. The lowest BCUT2D eigenvalue weighted by atomic mass is 10.2. The number of hydrogen-bond donors (Lipinski definition) is 1. The van der Waals surface area contributed by atoms with Crippen molar-refractivity contribution in [3.8, 4) is 17.2 Å². The molecule has 26 heavy (non-hydrogen) atoms. The van der Waals surface area contributed by atoms with Crippen LogP contribution in [-0.4, -0.2) is 35.0 Å². The predicted octanol–water partition coefficient (Wildman–Crippen LogP) is 2.81. The molecule has 0 radical (unpaired) electrons. The number of methoxy groups -OCH3 is 1. The Bertz CT molecular complexity index is 848. The maximum atomic E-state index is 12.3. The van der Waals surface area contributed by atoms with E-state index in [0.29, 0.717) is 36.0 Å². The number of nitrogens with one attached hydrogen (secondary N) is 1. The van der Waals surface area contributed by atoms with Crippen LogP contribution in [0.3, 0.4) is 0 Å². The van der Waals surface area contributed by atoms with Gasteiger partial charge in [-0.05, 0) is 50.2 Å². The van der Waals surface area contributed by atoms with Gasteiger partial charge in [0.15, 0.2) is 11.5 Å². The summed E-state index contributed by atoms with van der Waals surface area (Å²) < 4.78 is 40.7. The average molecular weight is 378 g/mol. The highest BCUT2D eigenvalue weighted by Gasteiger charge is 2.13. The quantitative estimate of drug-likeness (QED) is 0.536. The fourth-order valence-corrected chi connectivity index (χ4v) is 2.98. The second kappa shape index (κ2) is 9.10. The van der Waals surface area contributed by atoms with Crippen molar-refractivity contribution in [2.24, 2.45) is 5.10 Å². The molecule has 0 aliphatic heterocycles. The summed E-state index contributed by atoms with van der Waals surface area (Å²) in [5, 5.41) is 3.84. The van der Waals surface area contributed by atoms with Crippen molar-refractivity contribution in [1.82, 2.24) is 4.83 Å². The molecule has 0 aliphatic rings. The van der Waals surface area contributed by atoms with Crippen LogP contribution in [0.25, 0.3) is 0 Å². The van der Waals surface area contributed by atoms with Crippen LogP contribution in [0.1, 0.15) is 19.4 Å². The molecule has 0 aliphatic carbocycles. The van der Waals surface area contributed by atoms with Gasteiger partial charge >= 0.3 is 0 Å². The van der Waals surface area contributed by atoms with E-state index in [2.05, 4.69) is 9.93 Å². The standard InChI is InChI=1S/C18H22N2O5S/c1-4-24-15-9-11-16(12-10-15)26(21,22)20-19-13-14-7-6-8-17(23-3)18(14)25-5-2/h6-13,20H,4-5H2,1-3H3/b19-13+. The lowest BCUT2D eigenvalue weighted by Crippen LogP contribution is -2.18. The fraction of sp³-hybridized carbons (Fsp3) is 0.278. The molecule has 0 saturated heterocycles. The third-order valence-corrected chi connectivity index (χ3v) is 4.58. The predicted molar refractivity (Wildman–Crippen MR) is 99.7 cm³/mol. The van der Waals surface area contributed by atoms with Gasteiger partial charge in [-0.1, -0.05) is 6.07 Å². The number of rotatable bonds is 9. The molecule has 2 aromatic rings. The zero-order chi connectivity index (χ0) is 19.0. The Labute approximate surface area is 153 Å². The van der Waals surface area contributed by atoms with Gasteiger partial charge in [0.05, 0.1) is 31.4 Å². The van der Waals surface area contributed by atoms with Gasteiger partial charge < -0.3 is 14.2 Å². The SMILES string of the molecule is CCOc1ccc(S(=O)(=O)N/N=C/c2cccc(OC)c2OCC)cc1. The lowest BCUT2D eigenvalue weighted by molar-refractivity contribution is 0.310. The van der Waals surface area contributed by atoms with E-state index in [1.165, 1.54) is 25.5 Å². The van der Waals surface area contributed by atoms with Crippen LogP contribution < -0.4 is 19.0 Å². The number of para-hydroxylation sites is 1. The lowest BCUT2D eigenvalue weighted by Gasteiger charge is -2.11. The van der Waals surface area contributed by atoms with Crippen LogP contribution >= 0.6 is 0 Å². The van der Waals surface area contributed by atoms with Gasteiger partial charge in [0.2, 0.25) is 0 Å². The van der Waals surface area contributed by atoms with Crippen molar-refractivity contribution in [2.45, 2.75) is 18.7 Å². The summed E-state index contributed by atoms with van der Waals surface area (Å²) in [5.41, 5.74) is 0.598. The number of ether oxygens (including phenoxy) is 3. The van der Waals surface area contributed by atoms with E-state index in [9.17, 15) is 8.42 Å². The Kier molecular flexibility index (Phi) is 6.85. The van der Waals surface area contributed by atoms with Crippen molar-refractivity contribution in [2.75, 3.05) is 20.3 Å². The third-order valence-electron chi connectivity index (χ3n) is 3.34. The average Bonchev–Trinajstić information content (AvgIpc) is 2.63. The fourth-order valence-electron chi connectivity index (χ4n) is 2.19. The zero-order valence-corrected chi connectivity index (χ0v) is 15.7. The van der Waals surface area contributed by atoms with Crippen LogP contribution in [0.2, 0.25) is 0 Å². The molecule has 0 amide bonds. The Balaban J connectivity index is 2.16. The van der Waals surface area contributed by atoms with E-state index in [0.717, 1.165) is 0 Å². The van der Waals surface area contributed by atoms with Gasteiger partial charge in [-0.25, -0.2) is 4.83 Å². The van der Waals surface area contributed by atoms with Gasteiger partial charge in [0, 0.05) is 5.56 Å². The van der Waals surface area contributed by atoms with Gasteiger partial charge in [-0.2, -0.15) is 13.5 Å². The Morgan fingerprint density at radius 2 is 1.73 bits per heavy atom. The van der Waals surface area contributed by atoms with E-state index < -0.39 is 10.0 Å². The van der Waals surface area contributed by atoms with E-state index in [1.54, 1.807) is 30.3 Å². The normalized spacial score (nSPS) is 11.3. The van der Waals surface area contributed by atoms with Crippen LogP contribution in [0, 0.1) is 0 Å². The molecular formula is C18H22N2O5S. The molecule has 0 spiro atoms. The molecule has 140 valence electrons. The van der Waals surface area contributed by atoms with Gasteiger partial charge in [0.25, 0.3) is 10.0 Å². The largest absolute Gasteiger partial charge is 0.494 e. The first kappa shape index (κ1) is 19.6. The molecule has 1 N–H and O–H groups in total. The first-order chi connectivity index (χ1) is 12.5. The summed E-state index contributed by atoms with van der Waals surface area (Å²) in [5.74, 6) is 1.65. The molecule has 0 aromatic heterocycles. The van der Waals surface area contributed by atoms with E-state index in [-0.39, 0.29) is 4.90 Å². The molecule has 0 atom stereocenters. The number of nitrogens with zero attached hydrogens (tertiary/aromatic N) is 1. The summed E-state index contributed by atoms with van der Waals surface area (Å²) >= 11 is 0. The summed E-state index contributed by atoms with van der Waals surface area (Å²) in [6, 6.07) is 11.4. The number of sulfonamides is 1. The molecule has 2 rings (SSSR count). The zero-order valence-electron chi connectivity index (χ0n) is 14.9. The second-order valence-corrected chi connectivity index (χ2v) is 6.73. The summed E-state index contributed by atoms with van der Waals surface area (Å²) in [7, 11) is -2.24. The Morgan fingerprint density at radius 3 is 2.35 bits per heavy atom. The van der Waals surface area contributed by atoms with Crippen LogP contribution in [0.15, 0.2) is 52.5 Å². The first-order valence-corrected chi connectivity index (χ1v) is 9.57. The summed E-state index contributed by atoms with van der Waals surface area (Å²) in [6.45, 7) is 4.66. The highest BCUT2D eigenvalue weighted by Crippen LogP contribution is 2.29. The maximum absolute atomic E-state index is 12.3. The van der Waals surface area contributed by atoms with Crippen LogP contribution in [0.4, 0.5) is 0 Å². The minimum atomic E-state index is -3.78. The van der Waals surface area contributed by atoms with Crippen LogP contribution in [0.5, 0.6) is 17.2 Å². The van der Waals surface area contributed by atoms with Crippen molar-refractivity contribution in [3.05, 3.63) is 48.0 Å². The van der Waals surface area contributed by atoms with Crippen molar-refractivity contribution in [3.63, 3.8) is 0 Å². The molecule has 2 aromatic carbocycles. The summed E-state index contributed by atoms with van der Waals surface area (Å²) in [6.07, 6.45) is 1.37. The van der Waals surface area contributed by atoms with Crippen molar-refractivity contribution < 1.29 is 22.6 Å².